The molecular weight excluding hydrogens is 338 g/mol. The summed E-state index contributed by atoms with van der Waals surface area (Å²) < 4.78 is 2.27. The lowest BCUT2D eigenvalue weighted by Crippen LogP contribution is -2.30. The number of hydrogen-bond acceptors (Lipinski definition) is 0. The normalized spacial score (nSPS) is 13.5. The Morgan fingerprint density at radius 2 is 1.50 bits per heavy atom. The number of benzene rings is 3. The molecule has 0 radical (unpaired) electrons. The van der Waals surface area contributed by atoms with Gasteiger partial charge >= 0.3 is 0 Å². The van der Waals surface area contributed by atoms with Crippen molar-refractivity contribution in [1.29, 1.82) is 0 Å². The lowest BCUT2D eigenvalue weighted by Gasteiger charge is -2.13. The van der Waals surface area contributed by atoms with Crippen LogP contribution in [0.2, 0.25) is 0 Å². The number of aromatic nitrogens is 1. The Kier molecular flexibility index (Phi) is 4.24. The van der Waals surface area contributed by atoms with Crippen LogP contribution in [0.5, 0.6) is 0 Å². The van der Waals surface area contributed by atoms with Gasteiger partial charge in [0.15, 0.2) is 6.20 Å². The first-order valence-electron chi connectivity index (χ1n) is 10.3. The van der Waals surface area contributed by atoms with Crippen molar-refractivity contribution < 1.29 is 4.57 Å². The summed E-state index contributed by atoms with van der Waals surface area (Å²) in [6, 6.07) is 25.2. The van der Waals surface area contributed by atoms with Crippen LogP contribution in [0, 0.1) is 6.92 Å². The quantitative estimate of drug-likeness (QED) is 0.328. The summed E-state index contributed by atoms with van der Waals surface area (Å²) in [7, 11) is 2.16. The van der Waals surface area contributed by atoms with Gasteiger partial charge in [-0.3, -0.25) is 0 Å². The fraction of sp³-hybridized carbons (Fsp3) is 0.222. The fourth-order valence-corrected chi connectivity index (χ4v) is 4.53. The summed E-state index contributed by atoms with van der Waals surface area (Å²) in [4.78, 5) is 0. The third kappa shape index (κ3) is 3.01. The topological polar surface area (TPSA) is 3.88 Å². The summed E-state index contributed by atoms with van der Waals surface area (Å²) >= 11 is 0. The van der Waals surface area contributed by atoms with E-state index in [-0.39, 0.29) is 0 Å². The van der Waals surface area contributed by atoms with Gasteiger partial charge in [-0.2, -0.15) is 0 Å². The van der Waals surface area contributed by atoms with Crippen LogP contribution in [0.3, 0.4) is 0 Å². The van der Waals surface area contributed by atoms with Gasteiger partial charge in [0.1, 0.15) is 7.05 Å². The van der Waals surface area contributed by atoms with E-state index in [1.807, 2.05) is 0 Å². The van der Waals surface area contributed by atoms with Crippen LogP contribution >= 0.6 is 0 Å². The van der Waals surface area contributed by atoms with Crippen molar-refractivity contribution in [3.8, 4) is 22.4 Å². The number of rotatable bonds is 0. The molecule has 0 N–H and O–H groups in total. The highest BCUT2D eigenvalue weighted by atomic mass is 14.9. The second-order valence-corrected chi connectivity index (χ2v) is 8.13. The summed E-state index contributed by atoms with van der Waals surface area (Å²) in [6.07, 6.45) is 6.98. The van der Waals surface area contributed by atoms with Gasteiger partial charge in [-0.1, -0.05) is 48.5 Å². The molecule has 138 valence electrons. The lowest BCUT2D eigenvalue weighted by atomic mass is 9.91. The fourth-order valence-electron chi connectivity index (χ4n) is 4.53. The van der Waals surface area contributed by atoms with Crippen LogP contribution in [-0.4, -0.2) is 0 Å². The van der Waals surface area contributed by atoms with Gasteiger partial charge in [0, 0.05) is 12.1 Å². The average Bonchev–Trinajstić information content (AvgIpc) is 2.72. The first-order valence-corrected chi connectivity index (χ1v) is 10.3. The minimum Gasteiger partial charge on any atom is -0.201 e. The monoisotopic (exact) mass is 364 g/mol. The van der Waals surface area contributed by atoms with Crippen molar-refractivity contribution in [2.75, 3.05) is 0 Å². The molecule has 0 aliphatic heterocycles. The lowest BCUT2D eigenvalue weighted by molar-refractivity contribution is -0.660. The number of nitrogens with zero attached hydrogens (tertiary/aromatic N) is 1. The maximum Gasteiger partial charge on any atom is 0.213 e. The van der Waals surface area contributed by atoms with Gasteiger partial charge in [0.25, 0.3) is 0 Å². The summed E-state index contributed by atoms with van der Waals surface area (Å²) in [5, 5.41) is 2.64. The molecule has 1 nitrogen and oxygen atoms in total. The molecule has 28 heavy (non-hydrogen) atoms. The van der Waals surface area contributed by atoms with E-state index in [0.717, 1.165) is 12.8 Å². The molecule has 0 unspecified atom stereocenters. The molecular formula is C27H26N+. The largest absolute Gasteiger partial charge is 0.213 e. The van der Waals surface area contributed by atoms with E-state index >= 15 is 0 Å². The van der Waals surface area contributed by atoms with E-state index in [9.17, 15) is 0 Å². The Morgan fingerprint density at radius 1 is 0.750 bits per heavy atom. The van der Waals surface area contributed by atoms with Crippen LogP contribution in [0.15, 0.2) is 72.9 Å². The van der Waals surface area contributed by atoms with E-state index in [2.05, 4.69) is 91.5 Å². The van der Waals surface area contributed by atoms with Crippen LogP contribution in [-0.2, 0) is 19.9 Å². The maximum absolute atomic E-state index is 2.40. The van der Waals surface area contributed by atoms with Crippen LogP contribution in [0.4, 0.5) is 0 Å². The summed E-state index contributed by atoms with van der Waals surface area (Å²) in [5.41, 5.74) is 9.50. The molecule has 0 fully saturated rings. The predicted octanol–water partition coefficient (Wildman–Crippen LogP) is 6.19. The standard InChI is InChI=1S/C27H26N/c1-19-10-11-22-12-13-24-18-25(22)27(19)26-17-21(14-15-28(26)2)7-4-3-6-20-8-5-9-23(24)16-20/h5,8-18H,3-4,6-7H2,1-2H3/q+1. The van der Waals surface area contributed by atoms with Crippen molar-refractivity contribution in [2.24, 2.45) is 7.05 Å². The highest BCUT2D eigenvalue weighted by Crippen LogP contribution is 2.34. The highest BCUT2D eigenvalue weighted by Gasteiger charge is 2.18. The minimum atomic E-state index is 1.14. The van der Waals surface area contributed by atoms with E-state index in [0.29, 0.717) is 0 Å². The molecule has 4 aromatic rings. The maximum atomic E-state index is 2.40. The van der Waals surface area contributed by atoms with E-state index in [4.69, 9.17) is 0 Å². The zero-order valence-electron chi connectivity index (χ0n) is 16.7. The Morgan fingerprint density at radius 3 is 2.36 bits per heavy atom. The molecule has 1 heteroatoms. The van der Waals surface area contributed by atoms with Crippen molar-refractivity contribution in [2.45, 2.75) is 32.6 Å². The number of fused-ring (bicyclic) bond motifs is 7. The molecule has 0 spiro atoms. The second kappa shape index (κ2) is 6.91. The van der Waals surface area contributed by atoms with Gasteiger partial charge in [-0.05, 0) is 77.3 Å². The smallest absolute Gasteiger partial charge is 0.201 e. The predicted molar refractivity (Wildman–Crippen MR) is 117 cm³/mol. The van der Waals surface area contributed by atoms with Crippen molar-refractivity contribution in [1.82, 2.24) is 0 Å². The van der Waals surface area contributed by atoms with Crippen LogP contribution in [0.25, 0.3) is 33.2 Å². The molecule has 0 amide bonds. The molecule has 1 aliphatic rings. The van der Waals surface area contributed by atoms with Gasteiger partial charge in [-0.25, -0.2) is 4.57 Å². The number of hydrogen-bond donors (Lipinski definition) is 0. The van der Waals surface area contributed by atoms with Gasteiger partial charge < -0.3 is 0 Å². The molecule has 6 bridgehead atoms. The van der Waals surface area contributed by atoms with E-state index in [1.54, 1.807) is 0 Å². The Bertz CT molecular complexity index is 1190. The van der Waals surface area contributed by atoms with Crippen molar-refractivity contribution in [3.63, 3.8) is 0 Å². The van der Waals surface area contributed by atoms with Gasteiger partial charge in [-0.15, -0.1) is 0 Å². The highest BCUT2D eigenvalue weighted by molar-refractivity contribution is 5.99. The summed E-state index contributed by atoms with van der Waals surface area (Å²) in [6.45, 7) is 2.23. The third-order valence-electron chi connectivity index (χ3n) is 6.14. The minimum absolute atomic E-state index is 1.14. The Hall–Kier alpha value is -2.93. The SMILES string of the molecule is Cc1ccc2ccc3cc2c1-c1cc(cc[n+]1C)CCCCc1cccc-3c1. The third-order valence-corrected chi connectivity index (χ3v) is 6.14. The van der Waals surface area contributed by atoms with E-state index in [1.165, 1.54) is 62.7 Å². The molecule has 3 aromatic carbocycles. The zero-order valence-corrected chi connectivity index (χ0v) is 16.7. The second-order valence-electron chi connectivity index (χ2n) is 8.13. The molecule has 1 heterocycles. The Balaban J connectivity index is 1.84. The first-order chi connectivity index (χ1) is 13.7. The Labute approximate surface area is 167 Å². The van der Waals surface area contributed by atoms with Crippen molar-refractivity contribution >= 4 is 10.8 Å². The molecule has 0 saturated carbocycles. The molecule has 0 atom stereocenters. The molecule has 5 rings (SSSR count). The molecule has 0 saturated heterocycles. The zero-order chi connectivity index (χ0) is 19.1. The number of aryl methyl sites for hydroxylation is 4. The summed E-state index contributed by atoms with van der Waals surface area (Å²) in [5.74, 6) is 0. The van der Waals surface area contributed by atoms with Gasteiger partial charge in [0.2, 0.25) is 5.69 Å². The van der Waals surface area contributed by atoms with Crippen LogP contribution < -0.4 is 4.57 Å². The average molecular weight is 365 g/mol. The van der Waals surface area contributed by atoms with Crippen LogP contribution in [0.1, 0.15) is 29.5 Å². The van der Waals surface area contributed by atoms with Crippen molar-refractivity contribution in [3.05, 3.63) is 89.6 Å². The first kappa shape index (κ1) is 17.2. The van der Waals surface area contributed by atoms with Gasteiger partial charge in [0.05, 0.1) is 5.56 Å². The molecule has 1 aliphatic carbocycles. The molecule has 1 aromatic heterocycles. The number of pyridine rings is 1. The van der Waals surface area contributed by atoms with E-state index < -0.39 is 0 Å².